The Kier molecular flexibility index (Phi) is 14.3. The predicted octanol–water partition coefficient (Wildman–Crippen LogP) is 26.7. The molecule has 10 nitrogen and oxygen atoms in total. The third kappa shape index (κ3) is 9.86. The van der Waals surface area contributed by atoms with Crippen LogP contribution in [0.25, 0.3) is 221 Å². The molecule has 0 atom stereocenters. The number of para-hydroxylation sites is 8. The number of fused-ring (bicyclic) bond motifs is 18. The van der Waals surface area contributed by atoms with Crippen LogP contribution in [0.3, 0.4) is 0 Å². The van der Waals surface area contributed by atoms with Gasteiger partial charge in [0.05, 0.1) is 89.2 Å². The first-order valence-corrected chi connectivity index (χ1v) is 39.3. The molecule has 0 saturated carbocycles. The van der Waals surface area contributed by atoms with Crippen molar-refractivity contribution in [3.05, 3.63) is 394 Å². The van der Waals surface area contributed by atoms with Gasteiger partial charge in [-0.1, -0.05) is 224 Å². The third-order valence-electron chi connectivity index (χ3n) is 23.9. The summed E-state index contributed by atoms with van der Waals surface area (Å²) in [5.41, 5.74) is 26.4. The number of aromatic nitrogens is 9. The van der Waals surface area contributed by atoms with Crippen LogP contribution in [0.15, 0.2) is 388 Å². The Bertz CT molecular complexity index is 7670. The van der Waals surface area contributed by atoms with E-state index in [1.807, 2.05) is 48.5 Å². The monoisotopic (exact) mass is 1480 g/mol. The topological polar surface area (TPSA) is 92.0 Å². The van der Waals surface area contributed by atoms with E-state index in [1.165, 1.54) is 43.1 Å². The van der Waals surface area contributed by atoms with Crippen LogP contribution in [0.1, 0.15) is 5.56 Å². The van der Waals surface area contributed by atoms with Gasteiger partial charge in [0.1, 0.15) is 0 Å². The van der Waals surface area contributed by atoms with Crippen molar-refractivity contribution in [3.63, 3.8) is 0 Å². The molecular formula is C106H64N10. The highest BCUT2D eigenvalue weighted by Crippen LogP contribution is 2.47. The molecule has 0 saturated heterocycles. The molecule has 0 aliphatic rings. The summed E-state index contributed by atoms with van der Waals surface area (Å²) in [6.07, 6.45) is 0. The van der Waals surface area contributed by atoms with Gasteiger partial charge in [0.25, 0.3) is 0 Å². The zero-order valence-corrected chi connectivity index (χ0v) is 62.4. The molecule has 0 aliphatic heterocycles. The number of nitriles is 1. The van der Waals surface area contributed by atoms with E-state index in [1.54, 1.807) is 0 Å². The molecule has 7 heterocycles. The van der Waals surface area contributed by atoms with E-state index in [0.29, 0.717) is 23.0 Å². The highest BCUT2D eigenvalue weighted by atomic mass is 15.1. The van der Waals surface area contributed by atoms with Gasteiger partial charge >= 0.3 is 0 Å². The second-order valence-corrected chi connectivity index (χ2v) is 30.1. The summed E-state index contributed by atoms with van der Waals surface area (Å²) < 4.78 is 14.6. The second kappa shape index (κ2) is 25.5. The Morgan fingerprint density at radius 2 is 0.422 bits per heavy atom. The van der Waals surface area contributed by atoms with E-state index in [9.17, 15) is 5.26 Å². The van der Waals surface area contributed by atoms with Crippen molar-refractivity contribution < 1.29 is 0 Å². The first-order valence-electron chi connectivity index (χ1n) is 39.3. The van der Waals surface area contributed by atoms with Crippen molar-refractivity contribution >= 4 is 131 Å². The van der Waals surface area contributed by atoms with Crippen LogP contribution in [0.5, 0.6) is 0 Å². The standard InChI is InChI=1S/C106H64N10/c107-65-66-43-45-67(46-44-66)84-59-70(47-53-98(84)115-100-55-49-72(111-90-35-15-7-27-76(90)77-28-8-16-36-91(77)111)61-86(100)87-62-73(50-56-101(87)115)112-92-37-17-9-29-78(92)79-30-10-18-38-93(79)112)85-60-71(106-109-104(68-23-3-1-4-24-68)108-105(110-106)69-25-5-2-6-26-69)48-54-99(85)116-102-57-51-74(113-94-39-19-11-31-80(94)81-32-12-20-40-95(81)113)63-88(102)89-64-75(52-58-103(89)116)114-96-41-21-13-33-82(96)83-34-14-22-42-97(83)114/h1-64H. The molecule has 0 N–H and O–H groups in total. The lowest BCUT2D eigenvalue weighted by Crippen LogP contribution is -2.03. The van der Waals surface area contributed by atoms with Crippen LogP contribution in [0.2, 0.25) is 0 Å². The largest absolute Gasteiger partial charge is 0.309 e. The maximum Gasteiger partial charge on any atom is 0.164 e. The van der Waals surface area contributed by atoms with Gasteiger partial charge in [-0.2, -0.15) is 5.26 Å². The first kappa shape index (κ1) is 64.8. The zero-order valence-electron chi connectivity index (χ0n) is 62.4. The molecule has 0 spiro atoms. The van der Waals surface area contributed by atoms with Crippen molar-refractivity contribution in [1.82, 2.24) is 42.4 Å². The van der Waals surface area contributed by atoms with Gasteiger partial charge in [-0.3, -0.25) is 0 Å². The maximum atomic E-state index is 10.5. The summed E-state index contributed by atoms with van der Waals surface area (Å²) in [6.45, 7) is 0. The van der Waals surface area contributed by atoms with Crippen LogP contribution in [-0.2, 0) is 0 Å². The molecule has 10 heteroatoms. The lowest BCUT2D eigenvalue weighted by molar-refractivity contribution is 1.07. The lowest BCUT2D eigenvalue weighted by atomic mass is 9.94. The molecule has 116 heavy (non-hydrogen) atoms. The fourth-order valence-corrected chi connectivity index (χ4v) is 18.8. The molecule has 0 aliphatic carbocycles. The van der Waals surface area contributed by atoms with Crippen molar-refractivity contribution in [2.75, 3.05) is 0 Å². The molecule has 0 radical (unpaired) electrons. The lowest BCUT2D eigenvalue weighted by Gasteiger charge is -2.20. The van der Waals surface area contributed by atoms with E-state index >= 15 is 0 Å². The first-order chi connectivity index (χ1) is 57.5. The van der Waals surface area contributed by atoms with Gasteiger partial charge in [0, 0.05) is 115 Å². The minimum atomic E-state index is 0.536. The highest BCUT2D eigenvalue weighted by molar-refractivity contribution is 6.17. The van der Waals surface area contributed by atoms with Gasteiger partial charge in [-0.15, -0.1) is 0 Å². The average Bonchev–Trinajstić information content (AvgIpc) is 1.55. The minimum absolute atomic E-state index is 0.536. The molecule has 0 unspecified atom stereocenters. The van der Waals surface area contributed by atoms with Crippen molar-refractivity contribution in [1.29, 1.82) is 5.26 Å². The van der Waals surface area contributed by atoms with E-state index in [-0.39, 0.29) is 0 Å². The van der Waals surface area contributed by atoms with Gasteiger partial charge in [-0.25, -0.2) is 15.0 Å². The highest BCUT2D eigenvalue weighted by Gasteiger charge is 2.27. The Labute approximate surface area is 664 Å². The summed E-state index contributed by atoms with van der Waals surface area (Å²) in [7, 11) is 0. The van der Waals surface area contributed by atoms with Crippen LogP contribution in [0.4, 0.5) is 0 Å². The Morgan fingerprint density at radius 1 is 0.181 bits per heavy atom. The van der Waals surface area contributed by atoms with E-state index in [2.05, 4.69) is 373 Å². The van der Waals surface area contributed by atoms with Crippen LogP contribution in [0, 0.1) is 11.3 Å². The van der Waals surface area contributed by atoms with E-state index in [4.69, 9.17) is 15.0 Å². The minimum Gasteiger partial charge on any atom is -0.309 e. The third-order valence-corrected chi connectivity index (χ3v) is 23.9. The van der Waals surface area contributed by atoms with Crippen molar-refractivity contribution in [2.45, 2.75) is 0 Å². The quantitative estimate of drug-likeness (QED) is 0.129. The molecule has 7 aromatic heterocycles. The fourth-order valence-electron chi connectivity index (χ4n) is 18.8. The summed E-state index contributed by atoms with van der Waals surface area (Å²) in [6, 6.07) is 143. The molecule has 0 fully saturated rings. The number of hydrogen-bond acceptors (Lipinski definition) is 4. The molecule has 0 bridgehead atoms. The van der Waals surface area contributed by atoms with E-state index in [0.717, 1.165) is 161 Å². The summed E-state index contributed by atoms with van der Waals surface area (Å²) in [4.78, 5) is 16.0. The van der Waals surface area contributed by atoms with Gasteiger partial charge < -0.3 is 27.4 Å². The maximum absolute atomic E-state index is 10.5. The molecule has 24 rings (SSSR count). The summed E-state index contributed by atoms with van der Waals surface area (Å²) >= 11 is 0. The molecule has 24 aromatic rings. The van der Waals surface area contributed by atoms with Crippen molar-refractivity contribution in [2.24, 2.45) is 0 Å². The Balaban J connectivity index is 0.782. The smallest absolute Gasteiger partial charge is 0.164 e. The molecule has 17 aromatic carbocycles. The predicted molar refractivity (Wildman–Crippen MR) is 478 cm³/mol. The van der Waals surface area contributed by atoms with Gasteiger partial charge in [0.15, 0.2) is 17.5 Å². The van der Waals surface area contributed by atoms with Crippen LogP contribution < -0.4 is 0 Å². The SMILES string of the molecule is N#Cc1ccc(-c2cc(-c3cc(-c4nc(-c5ccccc5)nc(-c5ccccc5)n4)ccc3-n3c4ccc(-n5c6ccccc6c6ccccc65)cc4c4cc(-n5c6ccccc6c6ccccc65)ccc43)ccc2-n2c3ccc(-n4c5ccccc5c5ccccc54)cc3c3cc(-n4c5ccccc5c5ccccc54)ccc32)cc1. The second-order valence-electron chi connectivity index (χ2n) is 30.1. The molecular weight excluding hydrogens is 1410 g/mol. The van der Waals surface area contributed by atoms with Gasteiger partial charge in [0.2, 0.25) is 0 Å². The fraction of sp³-hybridized carbons (Fsp3) is 0. The number of rotatable bonds is 11. The van der Waals surface area contributed by atoms with Crippen LogP contribution >= 0.6 is 0 Å². The molecule has 0 amide bonds. The van der Waals surface area contributed by atoms with Crippen LogP contribution in [-0.4, -0.2) is 42.4 Å². The number of benzene rings is 17. The van der Waals surface area contributed by atoms with E-state index < -0.39 is 0 Å². The number of hydrogen-bond donors (Lipinski definition) is 0. The average molecular weight is 1480 g/mol. The normalized spacial score (nSPS) is 12.0. The number of nitrogens with zero attached hydrogens (tertiary/aromatic N) is 10. The zero-order chi connectivity index (χ0) is 76.2. The Hall–Kier alpha value is -16.0. The molecule has 538 valence electrons. The summed E-state index contributed by atoms with van der Waals surface area (Å²) in [5, 5.41) is 24.5. The van der Waals surface area contributed by atoms with Crippen molar-refractivity contribution in [3.8, 4) is 96.6 Å². The van der Waals surface area contributed by atoms with Gasteiger partial charge in [-0.05, 0) is 175 Å². The Morgan fingerprint density at radius 3 is 0.724 bits per heavy atom. The summed E-state index contributed by atoms with van der Waals surface area (Å²) in [5.74, 6) is 1.68.